The molecule has 0 radical (unpaired) electrons. The van der Waals surface area contributed by atoms with E-state index in [1.54, 1.807) is 17.0 Å². The van der Waals surface area contributed by atoms with E-state index in [9.17, 15) is 14.4 Å². The zero-order chi connectivity index (χ0) is 18.2. The van der Waals surface area contributed by atoms with Crippen LogP contribution in [0.5, 0.6) is 0 Å². The predicted octanol–water partition coefficient (Wildman–Crippen LogP) is 1.60. The van der Waals surface area contributed by atoms with Gasteiger partial charge in [-0.25, -0.2) is 4.98 Å². The van der Waals surface area contributed by atoms with Gasteiger partial charge in [-0.05, 0) is 31.1 Å². The first-order valence-electron chi connectivity index (χ1n) is 8.10. The molecular formula is C17H21ClN4O3. The van der Waals surface area contributed by atoms with Gasteiger partial charge in [0.15, 0.2) is 0 Å². The molecule has 1 aliphatic rings. The Labute approximate surface area is 151 Å². The van der Waals surface area contributed by atoms with Crippen LogP contribution in [0.1, 0.15) is 19.3 Å². The maximum atomic E-state index is 12.4. The van der Waals surface area contributed by atoms with Gasteiger partial charge < -0.3 is 15.5 Å². The first-order chi connectivity index (χ1) is 12.0. The molecule has 0 saturated carbocycles. The summed E-state index contributed by atoms with van der Waals surface area (Å²) in [6.45, 7) is 4.60. The lowest BCUT2D eigenvalue weighted by Gasteiger charge is -2.32. The highest BCUT2D eigenvalue weighted by atomic mass is 35.5. The molecule has 1 fully saturated rings. The molecule has 8 heteroatoms. The number of halogens is 1. The van der Waals surface area contributed by atoms with Crippen LogP contribution in [0.3, 0.4) is 0 Å². The van der Waals surface area contributed by atoms with Crippen molar-refractivity contribution < 1.29 is 14.4 Å². The number of hydrogen-bond donors (Lipinski definition) is 2. The Kier molecular flexibility index (Phi) is 6.94. The number of anilines is 1. The van der Waals surface area contributed by atoms with E-state index >= 15 is 0 Å². The summed E-state index contributed by atoms with van der Waals surface area (Å²) in [5, 5.41) is 5.82. The monoisotopic (exact) mass is 364 g/mol. The first-order valence-corrected chi connectivity index (χ1v) is 8.48. The molecular weight excluding hydrogens is 344 g/mol. The van der Waals surface area contributed by atoms with E-state index in [1.807, 2.05) is 0 Å². The summed E-state index contributed by atoms with van der Waals surface area (Å²) in [6.07, 6.45) is 4.31. The van der Waals surface area contributed by atoms with Crippen LogP contribution in [0.25, 0.3) is 0 Å². The van der Waals surface area contributed by atoms with Crippen molar-refractivity contribution in [2.75, 3.05) is 25.0 Å². The van der Waals surface area contributed by atoms with Crippen molar-refractivity contribution in [2.24, 2.45) is 5.92 Å². The third-order valence-corrected chi connectivity index (χ3v) is 4.17. The third kappa shape index (κ3) is 5.86. The van der Waals surface area contributed by atoms with Crippen molar-refractivity contribution in [3.05, 3.63) is 36.0 Å². The molecule has 1 unspecified atom stereocenters. The number of nitrogens with one attached hydrogen (secondary N) is 2. The van der Waals surface area contributed by atoms with E-state index in [1.165, 1.54) is 6.20 Å². The van der Waals surface area contributed by atoms with Crippen LogP contribution in [0.4, 0.5) is 5.82 Å². The molecule has 2 rings (SSSR count). The molecule has 1 aromatic heterocycles. The number of aromatic nitrogens is 1. The lowest BCUT2D eigenvalue weighted by atomic mass is 9.97. The molecule has 1 saturated heterocycles. The van der Waals surface area contributed by atoms with Gasteiger partial charge in [-0.15, -0.1) is 0 Å². The highest BCUT2D eigenvalue weighted by molar-refractivity contribution is 6.30. The van der Waals surface area contributed by atoms with E-state index in [2.05, 4.69) is 22.2 Å². The highest BCUT2D eigenvalue weighted by Crippen LogP contribution is 2.19. The Bertz CT molecular complexity index is 648. The second-order valence-electron chi connectivity index (χ2n) is 5.77. The fraction of sp³-hybridized carbons (Fsp3) is 0.412. The second-order valence-corrected chi connectivity index (χ2v) is 6.21. The molecule has 7 nitrogen and oxygen atoms in total. The number of carbonyl (C=O) groups excluding carboxylic acids is 3. The fourth-order valence-electron chi connectivity index (χ4n) is 2.62. The van der Waals surface area contributed by atoms with Gasteiger partial charge >= 0.3 is 0 Å². The third-order valence-electron chi connectivity index (χ3n) is 3.95. The summed E-state index contributed by atoms with van der Waals surface area (Å²) in [5.74, 6) is -0.388. The normalized spacial score (nSPS) is 16.8. The summed E-state index contributed by atoms with van der Waals surface area (Å²) in [7, 11) is 0. The van der Waals surface area contributed by atoms with Gasteiger partial charge in [-0.1, -0.05) is 18.2 Å². The lowest BCUT2D eigenvalue weighted by Crippen LogP contribution is -2.44. The van der Waals surface area contributed by atoms with Crippen LogP contribution in [-0.2, 0) is 14.4 Å². The zero-order valence-corrected chi connectivity index (χ0v) is 14.6. The minimum atomic E-state index is -0.306. The number of nitrogens with zero attached hydrogens (tertiary/aromatic N) is 2. The SMILES string of the molecule is C=CC(=O)NCCC(=O)N1CCCC(C(=O)Nc2ccc(Cl)cn2)C1. The molecule has 1 aliphatic heterocycles. The van der Waals surface area contributed by atoms with Crippen molar-refractivity contribution in [3.8, 4) is 0 Å². The van der Waals surface area contributed by atoms with E-state index in [-0.39, 0.29) is 36.6 Å². The smallest absolute Gasteiger partial charge is 0.243 e. The molecule has 3 amide bonds. The van der Waals surface area contributed by atoms with Crippen LogP contribution in [0.15, 0.2) is 31.0 Å². The average Bonchev–Trinajstić information content (AvgIpc) is 2.63. The molecule has 0 aromatic carbocycles. The van der Waals surface area contributed by atoms with Gasteiger partial charge in [0.25, 0.3) is 0 Å². The van der Waals surface area contributed by atoms with E-state index in [4.69, 9.17) is 11.6 Å². The molecule has 2 heterocycles. The quantitative estimate of drug-likeness (QED) is 0.750. The molecule has 1 atom stereocenters. The van der Waals surface area contributed by atoms with Gasteiger partial charge in [0, 0.05) is 32.3 Å². The van der Waals surface area contributed by atoms with Crippen molar-refractivity contribution in [2.45, 2.75) is 19.3 Å². The average molecular weight is 365 g/mol. The molecule has 1 aromatic rings. The maximum Gasteiger partial charge on any atom is 0.243 e. The summed E-state index contributed by atoms with van der Waals surface area (Å²) in [5.41, 5.74) is 0. The van der Waals surface area contributed by atoms with Gasteiger partial charge in [-0.2, -0.15) is 0 Å². The minimum absolute atomic E-state index is 0.0773. The number of rotatable bonds is 6. The van der Waals surface area contributed by atoms with Gasteiger partial charge in [0.2, 0.25) is 17.7 Å². The molecule has 134 valence electrons. The van der Waals surface area contributed by atoms with Crippen LogP contribution < -0.4 is 10.6 Å². The molecule has 0 bridgehead atoms. The van der Waals surface area contributed by atoms with Gasteiger partial charge in [0.05, 0.1) is 10.9 Å². The number of piperidine rings is 1. The fourth-order valence-corrected chi connectivity index (χ4v) is 2.73. The van der Waals surface area contributed by atoms with Crippen LogP contribution in [-0.4, -0.2) is 47.2 Å². The van der Waals surface area contributed by atoms with Gasteiger partial charge in [0.1, 0.15) is 5.82 Å². The van der Waals surface area contributed by atoms with Crippen molar-refractivity contribution >= 4 is 35.1 Å². The summed E-state index contributed by atoms with van der Waals surface area (Å²) >= 11 is 5.77. The van der Waals surface area contributed by atoms with Crippen LogP contribution in [0, 0.1) is 5.92 Å². The number of amides is 3. The molecule has 25 heavy (non-hydrogen) atoms. The first kappa shape index (κ1) is 18.9. The second kappa shape index (κ2) is 9.17. The van der Waals surface area contributed by atoms with Gasteiger partial charge in [-0.3, -0.25) is 14.4 Å². The largest absolute Gasteiger partial charge is 0.352 e. The van der Waals surface area contributed by atoms with Crippen molar-refractivity contribution in [1.82, 2.24) is 15.2 Å². The van der Waals surface area contributed by atoms with E-state index < -0.39 is 0 Å². The topological polar surface area (TPSA) is 91.4 Å². The number of likely N-dealkylation sites (tertiary alicyclic amines) is 1. The standard InChI is InChI=1S/C17H21ClN4O3/c1-2-15(23)19-8-7-16(24)22-9-3-4-12(11-22)17(25)21-14-6-5-13(18)10-20-14/h2,5-6,10,12H,1,3-4,7-9,11H2,(H,19,23)(H,20,21,25). The number of carbonyl (C=O) groups is 3. The van der Waals surface area contributed by atoms with E-state index in [0.717, 1.165) is 18.9 Å². The summed E-state index contributed by atoms with van der Waals surface area (Å²) in [4.78, 5) is 41.4. The minimum Gasteiger partial charge on any atom is -0.352 e. The number of pyridine rings is 1. The Morgan fingerprint density at radius 1 is 1.40 bits per heavy atom. The Morgan fingerprint density at radius 3 is 2.88 bits per heavy atom. The Balaban J connectivity index is 1.83. The van der Waals surface area contributed by atoms with E-state index in [0.29, 0.717) is 23.9 Å². The molecule has 0 aliphatic carbocycles. The van der Waals surface area contributed by atoms with Crippen molar-refractivity contribution in [1.29, 1.82) is 0 Å². The Hall–Kier alpha value is -2.41. The summed E-state index contributed by atoms with van der Waals surface area (Å²) in [6, 6.07) is 3.28. The Morgan fingerprint density at radius 2 is 2.20 bits per heavy atom. The number of hydrogen-bond acceptors (Lipinski definition) is 4. The van der Waals surface area contributed by atoms with Crippen LogP contribution in [0.2, 0.25) is 5.02 Å². The predicted molar refractivity (Wildman–Crippen MR) is 95.0 cm³/mol. The lowest BCUT2D eigenvalue weighted by molar-refractivity contribution is -0.134. The molecule has 2 N–H and O–H groups in total. The van der Waals surface area contributed by atoms with Crippen molar-refractivity contribution in [3.63, 3.8) is 0 Å². The highest BCUT2D eigenvalue weighted by Gasteiger charge is 2.28. The molecule has 0 spiro atoms. The zero-order valence-electron chi connectivity index (χ0n) is 13.8. The van der Waals surface area contributed by atoms with Crippen LogP contribution >= 0.6 is 11.6 Å². The maximum absolute atomic E-state index is 12.4. The summed E-state index contributed by atoms with van der Waals surface area (Å²) < 4.78 is 0.